The van der Waals surface area contributed by atoms with Gasteiger partial charge < -0.3 is 5.73 Å². The van der Waals surface area contributed by atoms with Gasteiger partial charge >= 0.3 is 0 Å². The molecule has 0 atom stereocenters. The van der Waals surface area contributed by atoms with Crippen molar-refractivity contribution in [2.24, 2.45) is 0 Å². The van der Waals surface area contributed by atoms with Gasteiger partial charge in [0.25, 0.3) is 0 Å². The van der Waals surface area contributed by atoms with Gasteiger partial charge in [0.2, 0.25) is 5.13 Å². The van der Waals surface area contributed by atoms with E-state index in [1.807, 2.05) is 0 Å². The molecule has 0 spiro atoms. The van der Waals surface area contributed by atoms with E-state index in [4.69, 9.17) is 17.3 Å². The van der Waals surface area contributed by atoms with Crippen molar-refractivity contribution in [3.63, 3.8) is 0 Å². The van der Waals surface area contributed by atoms with E-state index in [9.17, 15) is 4.39 Å². The van der Waals surface area contributed by atoms with Crippen molar-refractivity contribution in [1.29, 1.82) is 0 Å². The maximum Gasteiger partial charge on any atom is 0.200 e. The summed E-state index contributed by atoms with van der Waals surface area (Å²) in [5, 5.41) is 1.36. The maximum atomic E-state index is 12.1. The molecule has 8 heavy (non-hydrogen) atoms. The fourth-order valence-corrected chi connectivity index (χ4v) is 1.17. The summed E-state index contributed by atoms with van der Waals surface area (Å²) in [5.41, 5.74) is 5.16. The Morgan fingerprint density at radius 1 is 1.75 bits per heavy atom. The summed E-state index contributed by atoms with van der Waals surface area (Å²) < 4.78 is 12.1. The van der Waals surface area contributed by atoms with Crippen molar-refractivity contribution in [1.82, 2.24) is 0 Å². The molecule has 1 aromatic heterocycles. The van der Waals surface area contributed by atoms with Crippen LogP contribution in [-0.2, 0) is 0 Å². The van der Waals surface area contributed by atoms with Crippen molar-refractivity contribution in [2.45, 2.75) is 0 Å². The van der Waals surface area contributed by atoms with E-state index in [0.717, 1.165) is 11.3 Å². The Balaban J connectivity index is 3.19. The van der Waals surface area contributed by atoms with E-state index < -0.39 is 5.13 Å². The molecule has 0 unspecified atom stereocenters. The normalized spacial score (nSPS) is 9.75. The van der Waals surface area contributed by atoms with Crippen molar-refractivity contribution in [3.05, 3.63) is 15.5 Å². The SMILES string of the molecule is Nc1c(Cl)csc1F. The third-order valence-corrected chi connectivity index (χ3v) is 1.96. The van der Waals surface area contributed by atoms with Crippen LogP contribution in [0.4, 0.5) is 10.1 Å². The van der Waals surface area contributed by atoms with Gasteiger partial charge in [0.15, 0.2) is 0 Å². The first kappa shape index (κ1) is 5.85. The molecule has 4 heteroatoms. The molecule has 0 saturated heterocycles. The summed E-state index contributed by atoms with van der Waals surface area (Å²) >= 11 is 6.28. The smallest absolute Gasteiger partial charge is 0.200 e. The molecule has 0 aliphatic heterocycles. The molecular formula is C4H3ClFNS. The number of nitrogens with two attached hydrogens (primary N) is 1. The highest BCUT2D eigenvalue weighted by Crippen LogP contribution is 2.26. The number of rotatable bonds is 0. The Kier molecular flexibility index (Phi) is 1.40. The molecule has 0 aromatic carbocycles. The minimum absolute atomic E-state index is 0.0525. The van der Waals surface area contributed by atoms with E-state index in [2.05, 4.69) is 0 Å². The van der Waals surface area contributed by atoms with Crippen LogP contribution < -0.4 is 5.73 Å². The number of hydrogen-bond donors (Lipinski definition) is 1. The summed E-state index contributed by atoms with van der Waals surface area (Å²) in [7, 11) is 0. The van der Waals surface area contributed by atoms with Crippen LogP contribution in [0.3, 0.4) is 0 Å². The molecule has 0 bridgehead atoms. The van der Waals surface area contributed by atoms with Crippen LogP contribution in [0, 0.1) is 5.13 Å². The molecule has 0 aliphatic carbocycles. The summed E-state index contributed by atoms with van der Waals surface area (Å²) in [6, 6.07) is 0. The quantitative estimate of drug-likeness (QED) is 0.604. The van der Waals surface area contributed by atoms with Crippen LogP contribution >= 0.6 is 22.9 Å². The zero-order valence-corrected chi connectivity index (χ0v) is 5.39. The monoisotopic (exact) mass is 151 g/mol. The third-order valence-electron chi connectivity index (χ3n) is 0.735. The number of halogens is 2. The fraction of sp³-hybridized carbons (Fsp3) is 0. The summed E-state index contributed by atoms with van der Waals surface area (Å²) in [6.07, 6.45) is 0. The minimum Gasteiger partial charge on any atom is -0.394 e. The number of thiophene rings is 1. The molecule has 1 nitrogen and oxygen atoms in total. The average molecular weight is 152 g/mol. The molecule has 0 aliphatic rings. The molecule has 0 radical (unpaired) electrons. The van der Waals surface area contributed by atoms with Gasteiger partial charge in [0.1, 0.15) is 0 Å². The van der Waals surface area contributed by atoms with Crippen molar-refractivity contribution in [2.75, 3.05) is 5.73 Å². The lowest BCUT2D eigenvalue weighted by atomic mass is 10.5. The molecule has 1 rings (SSSR count). The predicted octanol–water partition coefficient (Wildman–Crippen LogP) is 2.12. The highest BCUT2D eigenvalue weighted by atomic mass is 35.5. The van der Waals surface area contributed by atoms with Gasteiger partial charge in [-0.15, -0.1) is 11.3 Å². The van der Waals surface area contributed by atoms with Crippen LogP contribution in [0.5, 0.6) is 0 Å². The number of hydrogen-bond acceptors (Lipinski definition) is 2. The lowest BCUT2D eigenvalue weighted by Crippen LogP contribution is -1.82. The first-order valence-electron chi connectivity index (χ1n) is 1.90. The van der Waals surface area contributed by atoms with Gasteiger partial charge in [0.05, 0.1) is 10.7 Å². The Hall–Kier alpha value is -0.280. The largest absolute Gasteiger partial charge is 0.394 e. The molecular weight excluding hydrogens is 149 g/mol. The Bertz CT molecular complexity index is 178. The summed E-state index contributed by atoms with van der Waals surface area (Å²) in [4.78, 5) is 0. The second kappa shape index (κ2) is 1.91. The van der Waals surface area contributed by atoms with Gasteiger partial charge in [-0.3, -0.25) is 0 Å². The zero-order valence-electron chi connectivity index (χ0n) is 3.82. The molecule has 0 fully saturated rings. The second-order valence-electron chi connectivity index (χ2n) is 1.27. The highest BCUT2D eigenvalue weighted by molar-refractivity contribution is 7.09. The van der Waals surface area contributed by atoms with Gasteiger partial charge in [-0.1, -0.05) is 11.6 Å². The molecule has 0 amide bonds. The highest BCUT2D eigenvalue weighted by Gasteiger charge is 2.02. The number of nitrogen functional groups attached to an aromatic ring is 1. The maximum absolute atomic E-state index is 12.1. The van der Waals surface area contributed by atoms with Crippen LogP contribution in [0.15, 0.2) is 5.38 Å². The lowest BCUT2D eigenvalue weighted by molar-refractivity contribution is 0.661. The van der Waals surface area contributed by atoms with Crippen molar-refractivity contribution < 1.29 is 4.39 Å². The van der Waals surface area contributed by atoms with Crippen molar-refractivity contribution in [3.8, 4) is 0 Å². The van der Waals surface area contributed by atoms with Gasteiger partial charge in [0, 0.05) is 5.38 Å². The van der Waals surface area contributed by atoms with E-state index in [-0.39, 0.29) is 5.69 Å². The molecule has 44 valence electrons. The van der Waals surface area contributed by atoms with Crippen LogP contribution in [0.25, 0.3) is 0 Å². The third kappa shape index (κ3) is 0.788. The summed E-state index contributed by atoms with van der Waals surface area (Å²) in [5.74, 6) is 0. The molecule has 2 N–H and O–H groups in total. The second-order valence-corrected chi connectivity index (χ2v) is 2.51. The average Bonchev–Trinajstić information content (AvgIpc) is 1.98. The van der Waals surface area contributed by atoms with E-state index in [1.165, 1.54) is 5.38 Å². The van der Waals surface area contributed by atoms with Crippen LogP contribution in [0.2, 0.25) is 5.02 Å². The molecule has 1 aromatic rings. The Morgan fingerprint density at radius 2 is 2.38 bits per heavy atom. The topological polar surface area (TPSA) is 26.0 Å². The lowest BCUT2D eigenvalue weighted by Gasteiger charge is -1.82. The fourth-order valence-electron chi connectivity index (χ4n) is 0.324. The van der Waals surface area contributed by atoms with Crippen LogP contribution in [-0.4, -0.2) is 0 Å². The first-order valence-corrected chi connectivity index (χ1v) is 3.15. The molecule has 0 saturated carbocycles. The van der Waals surface area contributed by atoms with Gasteiger partial charge in [-0.05, 0) is 0 Å². The first-order chi connectivity index (χ1) is 3.72. The van der Waals surface area contributed by atoms with Crippen molar-refractivity contribution >= 4 is 28.6 Å². The van der Waals surface area contributed by atoms with Crippen LogP contribution in [0.1, 0.15) is 0 Å². The van der Waals surface area contributed by atoms with E-state index in [0.29, 0.717) is 5.02 Å². The standard InChI is InChI=1S/C4H3ClFNS/c5-2-1-8-4(6)3(2)7/h1H,7H2. The predicted molar refractivity (Wildman–Crippen MR) is 33.7 cm³/mol. The number of anilines is 1. The summed E-state index contributed by atoms with van der Waals surface area (Å²) in [6.45, 7) is 0. The Labute approximate surface area is 54.9 Å². The minimum atomic E-state index is -0.407. The van der Waals surface area contributed by atoms with E-state index in [1.54, 1.807) is 0 Å². The van der Waals surface area contributed by atoms with Gasteiger partial charge in [-0.25, -0.2) is 0 Å². The zero-order chi connectivity index (χ0) is 6.15. The van der Waals surface area contributed by atoms with E-state index >= 15 is 0 Å². The molecule has 1 heterocycles. The van der Waals surface area contributed by atoms with Gasteiger partial charge in [-0.2, -0.15) is 4.39 Å². The Morgan fingerprint density at radius 3 is 2.50 bits per heavy atom.